The van der Waals surface area contributed by atoms with Gasteiger partial charge in [0.15, 0.2) is 0 Å². The van der Waals surface area contributed by atoms with Crippen molar-refractivity contribution in [2.24, 2.45) is 0 Å². The molecule has 1 saturated heterocycles. The average Bonchev–Trinajstić information content (AvgIpc) is 2.73. The molecule has 2 amide bonds. The van der Waals surface area contributed by atoms with Crippen LogP contribution in [0.3, 0.4) is 0 Å². The number of ether oxygens (including phenoxy) is 1. The standard InChI is InChI=1S/C21H25N3O3/c1-16(17-6-3-2-4-7-17)22-15-20(25)23-19-9-5-8-18(14-19)21(26)24-10-12-27-13-11-24/h2-9,14,16,22H,10-13,15H2,1H3,(H,23,25). The van der Waals surface area contributed by atoms with Gasteiger partial charge in [-0.1, -0.05) is 36.4 Å². The van der Waals surface area contributed by atoms with Gasteiger partial charge in [-0.2, -0.15) is 0 Å². The predicted octanol–water partition coefficient (Wildman–Crippen LogP) is 2.45. The largest absolute Gasteiger partial charge is 0.378 e. The first-order chi connectivity index (χ1) is 13.1. The summed E-state index contributed by atoms with van der Waals surface area (Å²) in [5, 5.41) is 6.06. The molecule has 1 fully saturated rings. The van der Waals surface area contributed by atoms with Crippen molar-refractivity contribution < 1.29 is 14.3 Å². The van der Waals surface area contributed by atoms with E-state index in [1.54, 1.807) is 29.2 Å². The third kappa shape index (κ3) is 5.39. The number of anilines is 1. The quantitative estimate of drug-likeness (QED) is 0.823. The highest BCUT2D eigenvalue weighted by Crippen LogP contribution is 2.14. The van der Waals surface area contributed by atoms with E-state index in [1.807, 2.05) is 37.3 Å². The highest BCUT2D eigenvalue weighted by atomic mass is 16.5. The molecule has 0 saturated carbocycles. The molecule has 0 radical (unpaired) electrons. The summed E-state index contributed by atoms with van der Waals surface area (Å²) in [7, 11) is 0. The molecule has 6 heteroatoms. The summed E-state index contributed by atoms with van der Waals surface area (Å²) >= 11 is 0. The van der Waals surface area contributed by atoms with Gasteiger partial charge >= 0.3 is 0 Å². The Bertz CT molecular complexity index is 773. The first-order valence-electron chi connectivity index (χ1n) is 9.19. The van der Waals surface area contributed by atoms with Gasteiger partial charge in [-0.15, -0.1) is 0 Å². The zero-order valence-electron chi connectivity index (χ0n) is 15.5. The molecule has 1 unspecified atom stereocenters. The molecule has 6 nitrogen and oxygen atoms in total. The van der Waals surface area contributed by atoms with Crippen molar-refractivity contribution in [3.05, 3.63) is 65.7 Å². The minimum absolute atomic E-state index is 0.0368. The van der Waals surface area contributed by atoms with Gasteiger partial charge in [-0.25, -0.2) is 0 Å². The zero-order valence-corrected chi connectivity index (χ0v) is 15.5. The van der Waals surface area contributed by atoms with Gasteiger partial charge in [0.05, 0.1) is 19.8 Å². The lowest BCUT2D eigenvalue weighted by Gasteiger charge is -2.27. The number of nitrogens with zero attached hydrogens (tertiary/aromatic N) is 1. The number of carbonyl (C=O) groups excluding carboxylic acids is 2. The Kier molecular flexibility index (Phi) is 6.57. The highest BCUT2D eigenvalue weighted by molar-refractivity contribution is 5.97. The van der Waals surface area contributed by atoms with Crippen molar-refractivity contribution in [2.45, 2.75) is 13.0 Å². The smallest absolute Gasteiger partial charge is 0.254 e. The van der Waals surface area contributed by atoms with Crippen LogP contribution in [0.1, 0.15) is 28.9 Å². The molecule has 0 spiro atoms. The summed E-state index contributed by atoms with van der Waals surface area (Å²) in [4.78, 5) is 26.6. The van der Waals surface area contributed by atoms with Gasteiger partial charge in [-0.05, 0) is 30.7 Å². The first kappa shape index (κ1) is 19.1. The molecule has 3 rings (SSSR count). The van der Waals surface area contributed by atoms with E-state index in [-0.39, 0.29) is 24.4 Å². The number of hydrogen-bond acceptors (Lipinski definition) is 4. The fourth-order valence-electron chi connectivity index (χ4n) is 2.99. The molecule has 1 aliphatic rings. The van der Waals surface area contributed by atoms with Gasteiger partial charge in [0.25, 0.3) is 5.91 Å². The molecule has 0 aliphatic carbocycles. The minimum atomic E-state index is -0.145. The van der Waals surface area contributed by atoms with Crippen LogP contribution in [0.2, 0.25) is 0 Å². The second kappa shape index (κ2) is 9.30. The molecule has 0 bridgehead atoms. The van der Waals surface area contributed by atoms with Crippen molar-refractivity contribution in [1.29, 1.82) is 0 Å². The summed E-state index contributed by atoms with van der Waals surface area (Å²) in [5.74, 6) is -0.182. The Labute approximate surface area is 159 Å². The van der Waals surface area contributed by atoms with E-state index in [1.165, 1.54) is 0 Å². The second-order valence-corrected chi connectivity index (χ2v) is 6.55. The lowest BCUT2D eigenvalue weighted by atomic mass is 10.1. The van der Waals surface area contributed by atoms with E-state index in [4.69, 9.17) is 4.74 Å². The molecule has 2 aromatic rings. The number of carbonyl (C=O) groups is 2. The van der Waals surface area contributed by atoms with Crippen LogP contribution in [0.15, 0.2) is 54.6 Å². The van der Waals surface area contributed by atoms with Gasteiger partial charge in [0.2, 0.25) is 5.91 Å². The van der Waals surface area contributed by atoms with Crippen molar-refractivity contribution >= 4 is 17.5 Å². The number of hydrogen-bond donors (Lipinski definition) is 2. The maximum absolute atomic E-state index is 12.6. The maximum atomic E-state index is 12.6. The Morgan fingerprint density at radius 2 is 1.81 bits per heavy atom. The van der Waals surface area contributed by atoms with Crippen LogP contribution in [0, 0.1) is 0 Å². The lowest BCUT2D eigenvalue weighted by molar-refractivity contribution is -0.115. The minimum Gasteiger partial charge on any atom is -0.378 e. The van der Waals surface area contributed by atoms with E-state index in [2.05, 4.69) is 10.6 Å². The van der Waals surface area contributed by atoms with E-state index < -0.39 is 0 Å². The van der Waals surface area contributed by atoms with E-state index >= 15 is 0 Å². The van der Waals surface area contributed by atoms with Gasteiger partial charge in [0, 0.05) is 30.4 Å². The summed E-state index contributed by atoms with van der Waals surface area (Å²) in [6.07, 6.45) is 0. The molecule has 1 heterocycles. The topological polar surface area (TPSA) is 70.7 Å². The monoisotopic (exact) mass is 367 g/mol. The van der Waals surface area contributed by atoms with E-state index in [0.717, 1.165) is 5.56 Å². The molecule has 142 valence electrons. The molecular formula is C21H25N3O3. The average molecular weight is 367 g/mol. The van der Waals surface area contributed by atoms with Crippen LogP contribution in [-0.2, 0) is 9.53 Å². The number of benzene rings is 2. The number of morpholine rings is 1. The van der Waals surface area contributed by atoms with Gasteiger partial charge < -0.3 is 20.3 Å². The summed E-state index contributed by atoms with van der Waals surface area (Å²) in [6, 6.07) is 17.1. The molecule has 2 N–H and O–H groups in total. The normalized spacial score (nSPS) is 15.2. The Balaban J connectivity index is 1.54. The Morgan fingerprint density at radius 3 is 2.56 bits per heavy atom. The second-order valence-electron chi connectivity index (χ2n) is 6.55. The van der Waals surface area contributed by atoms with Gasteiger partial charge in [0.1, 0.15) is 0 Å². The van der Waals surface area contributed by atoms with Crippen LogP contribution < -0.4 is 10.6 Å². The van der Waals surface area contributed by atoms with Crippen LogP contribution in [0.5, 0.6) is 0 Å². The predicted molar refractivity (Wildman–Crippen MR) is 105 cm³/mol. The number of amides is 2. The van der Waals surface area contributed by atoms with Crippen LogP contribution in [0.25, 0.3) is 0 Å². The third-order valence-corrected chi connectivity index (χ3v) is 4.56. The summed E-state index contributed by atoms with van der Waals surface area (Å²) < 4.78 is 5.28. The molecule has 27 heavy (non-hydrogen) atoms. The third-order valence-electron chi connectivity index (χ3n) is 4.56. The molecule has 2 aromatic carbocycles. The highest BCUT2D eigenvalue weighted by Gasteiger charge is 2.18. The van der Waals surface area contributed by atoms with Crippen LogP contribution in [-0.4, -0.2) is 49.6 Å². The molecular weight excluding hydrogens is 342 g/mol. The lowest BCUT2D eigenvalue weighted by Crippen LogP contribution is -2.40. The van der Waals surface area contributed by atoms with Crippen molar-refractivity contribution in [3.8, 4) is 0 Å². The first-order valence-corrected chi connectivity index (χ1v) is 9.19. The van der Waals surface area contributed by atoms with E-state index in [9.17, 15) is 9.59 Å². The fraction of sp³-hybridized carbons (Fsp3) is 0.333. The summed E-state index contributed by atoms with van der Waals surface area (Å²) in [5.41, 5.74) is 2.32. The van der Waals surface area contributed by atoms with Crippen molar-refractivity contribution in [2.75, 3.05) is 38.2 Å². The summed E-state index contributed by atoms with van der Waals surface area (Å²) in [6.45, 7) is 4.52. The maximum Gasteiger partial charge on any atom is 0.254 e. The van der Waals surface area contributed by atoms with E-state index in [0.29, 0.717) is 37.6 Å². The Morgan fingerprint density at radius 1 is 1.07 bits per heavy atom. The number of nitrogens with one attached hydrogen (secondary N) is 2. The van der Waals surface area contributed by atoms with Crippen LogP contribution >= 0.6 is 0 Å². The SMILES string of the molecule is CC(NCC(=O)Nc1cccc(C(=O)N2CCOCC2)c1)c1ccccc1. The molecule has 1 aliphatic heterocycles. The zero-order chi connectivity index (χ0) is 19.1. The van der Waals surface area contributed by atoms with Crippen molar-refractivity contribution in [1.82, 2.24) is 10.2 Å². The number of rotatable bonds is 6. The Hall–Kier alpha value is -2.70. The van der Waals surface area contributed by atoms with Gasteiger partial charge in [-0.3, -0.25) is 9.59 Å². The van der Waals surface area contributed by atoms with Crippen LogP contribution in [0.4, 0.5) is 5.69 Å². The molecule has 0 aromatic heterocycles. The van der Waals surface area contributed by atoms with Crippen molar-refractivity contribution in [3.63, 3.8) is 0 Å². The molecule has 1 atom stereocenters. The fourth-order valence-corrected chi connectivity index (χ4v) is 2.99.